The predicted octanol–water partition coefficient (Wildman–Crippen LogP) is -0.00900. The molecule has 0 aromatic heterocycles. The van der Waals surface area contributed by atoms with E-state index >= 15 is 0 Å². The molecule has 1 heteroatoms. The second-order valence-electron chi connectivity index (χ2n) is 0.289. The Balaban J connectivity index is 0. The Morgan fingerprint density at radius 2 is 1.75 bits per heavy atom. The molecule has 0 atom stereocenters. The van der Waals surface area contributed by atoms with Gasteiger partial charge in [0.15, 0.2) is 0 Å². The van der Waals surface area contributed by atoms with Crippen molar-refractivity contribution in [2.45, 2.75) is 6.92 Å². The Bertz CT molecular complexity index is 24.8. The maximum absolute atomic E-state index is 4.60. The van der Waals surface area contributed by atoms with E-state index in [2.05, 4.69) is 12.3 Å². The molecule has 0 rings (SSSR count). The number of hydrogen-bond donors (Lipinski definition) is 0. The molecule has 0 saturated carbocycles. The van der Waals surface area contributed by atoms with Crippen molar-refractivity contribution in [2.24, 2.45) is 0 Å². The topological polar surface area (TPSA) is 0 Å². The molecule has 0 spiro atoms. The summed E-state index contributed by atoms with van der Waals surface area (Å²) in [6, 6.07) is 0. The minimum atomic E-state index is 0. The molecule has 0 aliphatic heterocycles. The van der Waals surface area contributed by atoms with Crippen molar-refractivity contribution in [1.29, 1.82) is 0 Å². The molecule has 0 fully saturated rings. The van der Waals surface area contributed by atoms with Crippen LogP contribution in [-0.2, 0) is 0 Å². The van der Waals surface area contributed by atoms with Gasteiger partial charge in [-0.15, -0.1) is 12.3 Å². The molecule has 0 heterocycles. The molecule has 0 amide bonds. The van der Waals surface area contributed by atoms with Crippen LogP contribution < -0.4 is 0 Å². The average Bonchev–Trinajstić information content (AvgIpc) is 0.918. The summed E-state index contributed by atoms with van der Waals surface area (Å²) in [6.07, 6.45) is 4.60. The van der Waals surface area contributed by atoms with Gasteiger partial charge in [-0.3, -0.25) is 0 Å². The van der Waals surface area contributed by atoms with Crippen molar-refractivity contribution < 1.29 is 0 Å². The summed E-state index contributed by atoms with van der Waals surface area (Å²) < 4.78 is 0. The van der Waals surface area contributed by atoms with Crippen LogP contribution in [0.25, 0.3) is 0 Å². The van der Waals surface area contributed by atoms with Crippen LogP contribution in [-0.4, -0.2) is 18.9 Å². The molecule has 0 aromatic carbocycles. The third-order valence-electron chi connectivity index (χ3n) is 0. The van der Waals surface area contributed by atoms with Gasteiger partial charge < -0.3 is 0 Å². The second kappa shape index (κ2) is 11.0. The Labute approximate surface area is 38.8 Å². The van der Waals surface area contributed by atoms with Crippen molar-refractivity contribution >= 4 is 18.9 Å². The number of terminal acetylenes is 1. The molecular weight excluding hydrogens is 43.0 g/mol. The molecule has 0 N–H and O–H groups in total. The van der Waals surface area contributed by atoms with Gasteiger partial charge in [-0.2, -0.15) is 0 Å². The molecule has 18 valence electrons. The number of hydrogen-bond acceptors (Lipinski definition) is 0. The molecule has 0 bridgehead atoms. The van der Waals surface area contributed by atoms with Crippen LogP contribution in [0.2, 0.25) is 0 Å². The van der Waals surface area contributed by atoms with Gasteiger partial charge >= 0.3 is 18.9 Å². The molecule has 0 aromatic rings. The zero-order chi connectivity index (χ0) is 2.71. The van der Waals surface area contributed by atoms with Crippen LogP contribution in [0.4, 0.5) is 0 Å². The Morgan fingerprint density at radius 3 is 1.75 bits per heavy atom. The summed E-state index contributed by atoms with van der Waals surface area (Å²) in [5.41, 5.74) is 0. The van der Waals surface area contributed by atoms with Gasteiger partial charge in [-0.1, -0.05) is 0 Å². The Morgan fingerprint density at radius 1 is 1.75 bits per heavy atom. The van der Waals surface area contributed by atoms with E-state index < -0.39 is 0 Å². The van der Waals surface area contributed by atoms with Crippen molar-refractivity contribution in [3.63, 3.8) is 0 Å². The molecule has 0 aliphatic rings. The van der Waals surface area contributed by atoms with Crippen molar-refractivity contribution in [2.75, 3.05) is 0 Å². The summed E-state index contributed by atoms with van der Waals surface area (Å²) in [7, 11) is 0. The van der Waals surface area contributed by atoms with E-state index in [9.17, 15) is 0 Å². The fraction of sp³-hybridized carbons (Fsp3) is 0.333. The standard InChI is InChI=1S/C3H4.Li.H/c1-3-2;;/h1H,2H3;;. The van der Waals surface area contributed by atoms with Crippen molar-refractivity contribution in [3.05, 3.63) is 0 Å². The summed E-state index contributed by atoms with van der Waals surface area (Å²) in [5.74, 6) is 2.25. The van der Waals surface area contributed by atoms with Gasteiger partial charge in [0, 0.05) is 0 Å². The summed E-state index contributed by atoms with van der Waals surface area (Å²) in [6.45, 7) is 1.65. The van der Waals surface area contributed by atoms with Gasteiger partial charge in [-0.25, -0.2) is 0 Å². The third-order valence-corrected chi connectivity index (χ3v) is 0. The first kappa shape index (κ1) is 8.90. The number of rotatable bonds is 0. The monoisotopic (exact) mass is 48.1 g/mol. The predicted molar refractivity (Wildman–Crippen MR) is 21.7 cm³/mol. The molecule has 0 aliphatic carbocycles. The molecule has 0 nitrogen and oxygen atoms in total. The van der Waals surface area contributed by atoms with Crippen LogP contribution in [0.3, 0.4) is 0 Å². The zero-order valence-electron chi connectivity index (χ0n) is 2.08. The van der Waals surface area contributed by atoms with Crippen LogP contribution in [0, 0.1) is 12.3 Å². The Hall–Kier alpha value is 0.157. The summed E-state index contributed by atoms with van der Waals surface area (Å²) in [4.78, 5) is 0. The quantitative estimate of drug-likeness (QED) is 0.267. The average molecular weight is 48.0 g/mol. The maximum atomic E-state index is 4.60. The second-order valence-corrected chi connectivity index (χ2v) is 0.289. The molecule has 0 unspecified atom stereocenters. The normalized spacial score (nSPS) is 2.00. The van der Waals surface area contributed by atoms with Crippen LogP contribution in [0.5, 0.6) is 0 Å². The van der Waals surface area contributed by atoms with Crippen molar-refractivity contribution in [3.8, 4) is 12.3 Å². The van der Waals surface area contributed by atoms with Crippen LogP contribution >= 0.6 is 0 Å². The molecule has 4 heavy (non-hydrogen) atoms. The molecule has 0 saturated heterocycles. The van der Waals surface area contributed by atoms with Gasteiger partial charge in [0.1, 0.15) is 0 Å². The first-order valence-electron chi connectivity index (χ1n) is 0.789. The van der Waals surface area contributed by atoms with Crippen molar-refractivity contribution in [1.82, 2.24) is 0 Å². The van der Waals surface area contributed by atoms with Crippen LogP contribution in [0.1, 0.15) is 6.92 Å². The van der Waals surface area contributed by atoms with Gasteiger partial charge in [0.2, 0.25) is 0 Å². The van der Waals surface area contributed by atoms with Gasteiger partial charge in [0.25, 0.3) is 0 Å². The fourth-order valence-electron chi connectivity index (χ4n) is 0. The Kier molecular flexibility index (Phi) is 24.4. The van der Waals surface area contributed by atoms with Crippen LogP contribution in [0.15, 0.2) is 0 Å². The van der Waals surface area contributed by atoms with E-state index in [4.69, 9.17) is 0 Å². The first-order chi connectivity index (χ1) is 1.41. The zero-order valence-corrected chi connectivity index (χ0v) is 2.08. The van der Waals surface area contributed by atoms with E-state index in [1.165, 1.54) is 0 Å². The van der Waals surface area contributed by atoms with E-state index in [1.54, 1.807) is 6.92 Å². The summed E-state index contributed by atoms with van der Waals surface area (Å²) in [5, 5.41) is 0. The molecule has 0 radical (unpaired) electrons. The van der Waals surface area contributed by atoms with E-state index in [0.29, 0.717) is 0 Å². The fourth-order valence-corrected chi connectivity index (χ4v) is 0. The summed E-state index contributed by atoms with van der Waals surface area (Å²) >= 11 is 0. The molecular formula is C3H5Li. The minimum absolute atomic E-state index is 0. The van der Waals surface area contributed by atoms with Gasteiger partial charge in [0.05, 0.1) is 0 Å². The SMILES string of the molecule is C#CC.[LiH]. The third kappa shape index (κ3) is 117. The van der Waals surface area contributed by atoms with E-state index in [-0.39, 0.29) is 18.9 Å². The van der Waals surface area contributed by atoms with Gasteiger partial charge in [-0.05, 0) is 6.92 Å². The van der Waals surface area contributed by atoms with E-state index in [0.717, 1.165) is 0 Å². The first-order valence-corrected chi connectivity index (χ1v) is 0.789. The van der Waals surface area contributed by atoms with E-state index in [1.807, 2.05) is 0 Å².